The summed E-state index contributed by atoms with van der Waals surface area (Å²) in [7, 11) is 0. The summed E-state index contributed by atoms with van der Waals surface area (Å²) in [5.74, 6) is -2.19. The smallest absolute Gasteiger partial charge is 0.261 e. The zero-order valence-corrected chi connectivity index (χ0v) is 10.5. The van der Waals surface area contributed by atoms with Crippen molar-refractivity contribution in [2.24, 2.45) is 0 Å². The minimum Gasteiger partial charge on any atom is -0.504 e. The molecule has 0 unspecified atom stereocenters. The Labute approximate surface area is 115 Å². The van der Waals surface area contributed by atoms with E-state index in [0.29, 0.717) is 0 Å². The number of carbonyl (C=O) groups is 2. The van der Waals surface area contributed by atoms with Crippen molar-refractivity contribution in [2.45, 2.75) is 6.42 Å². The number of phenols is 2. The molecule has 0 fully saturated rings. The molecular weight excluding hydrogens is 258 g/mol. The second-order valence-corrected chi connectivity index (χ2v) is 4.21. The first kappa shape index (κ1) is 13.6. The van der Waals surface area contributed by atoms with Crippen molar-refractivity contribution in [3.8, 4) is 11.5 Å². The standard InChI is InChI=1S/C15H13NO4/c17-12-8-4-7-11(14(12)19)15(20)16-13(18)9-10-5-2-1-3-6-10/h1-8,17,19H,9H2,(H,16,18,20). The number of benzene rings is 2. The summed E-state index contributed by atoms with van der Waals surface area (Å²) in [5.41, 5.74) is 0.629. The SMILES string of the molecule is O=C(Cc1ccccc1)NC(=O)c1cccc(O)c1O. The van der Waals surface area contributed by atoms with Crippen molar-refractivity contribution >= 4 is 11.8 Å². The minimum atomic E-state index is -0.751. The third-order valence-corrected chi connectivity index (χ3v) is 2.72. The molecule has 0 saturated carbocycles. The van der Waals surface area contributed by atoms with E-state index in [2.05, 4.69) is 5.32 Å². The van der Waals surface area contributed by atoms with E-state index in [1.54, 1.807) is 24.3 Å². The molecule has 0 aliphatic heterocycles. The van der Waals surface area contributed by atoms with E-state index in [1.807, 2.05) is 6.07 Å². The molecular formula is C15H13NO4. The maximum atomic E-state index is 11.8. The first-order valence-electron chi connectivity index (χ1n) is 5.97. The van der Waals surface area contributed by atoms with Crippen molar-refractivity contribution in [1.29, 1.82) is 0 Å². The van der Waals surface area contributed by atoms with Gasteiger partial charge in [0, 0.05) is 0 Å². The Kier molecular flexibility index (Phi) is 4.00. The summed E-state index contributed by atoms with van der Waals surface area (Å²) in [6.07, 6.45) is 0.0617. The van der Waals surface area contributed by atoms with Crippen LogP contribution in [-0.4, -0.2) is 22.0 Å². The number of nitrogens with one attached hydrogen (secondary N) is 1. The van der Waals surface area contributed by atoms with E-state index in [0.717, 1.165) is 5.56 Å². The lowest BCUT2D eigenvalue weighted by Crippen LogP contribution is -2.31. The predicted octanol–water partition coefficient (Wildman–Crippen LogP) is 1.60. The largest absolute Gasteiger partial charge is 0.504 e. The average molecular weight is 271 g/mol. The van der Waals surface area contributed by atoms with Crippen LogP contribution in [0.3, 0.4) is 0 Å². The van der Waals surface area contributed by atoms with Crippen LogP contribution in [0.4, 0.5) is 0 Å². The van der Waals surface area contributed by atoms with Crippen molar-refractivity contribution in [1.82, 2.24) is 5.32 Å². The number of phenolic OH excluding ortho intramolecular Hbond substituents is 2. The van der Waals surface area contributed by atoms with Crippen LogP contribution in [0.25, 0.3) is 0 Å². The van der Waals surface area contributed by atoms with Gasteiger partial charge in [-0.3, -0.25) is 14.9 Å². The Hall–Kier alpha value is -2.82. The number of para-hydroxylation sites is 1. The zero-order chi connectivity index (χ0) is 14.5. The fourth-order valence-corrected chi connectivity index (χ4v) is 1.73. The molecule has 0 spiro atoms. The maximum Gasteiger partial charge on any atom is 0.261 e. The van der Waals surface area contributed by atoms with Crippen LogP contribution in [-0.2, 0) is 11.2 Å². The number of hydrogen-bond acceptors (Lipinski definition) is 4. The van der Waals surface area contributed by atoms with Gasteiger partial charge >= 0.3 is 0 Å². The summed E-state index contributed by atoms with van der Waals surface area (Å²) in [4.78, 5) is 23.5. The Morgan fingerprint density at radius 2 is 1.65 bits per heavy atom. The highest BCUT2D eigenvalue weighted by Crippen LogP contribution is 2.27. The third-order valence-electron chi connectivity index (χ3n) is 2.72. The number of aromatic hydroxyl groups is 2. The molecule has 0 aliphatic carbocycles. The number of carbonyl (C=O) groups excluding carboxylic acids is 2. The predicted molar refractivity (Wildman–Crippen MR) is 72.4 cm³/mol. The lowest BCUT2D eigenvalue weighted by Gasteiger charge is -2.07. The molecule has 2 rings (SSSR count). The van der Waals surface area contributed by atoms with Crippen molar-refractivity contribution in [2.75, 3.05) is 0 Å². The van der Waals surface area contributed by atoms with E-state index in [-0.39, 0.29) is 12.0 Å². The van der Waals surface area contributed by atoms with Crippen molar-refractivity contribution in [3.63, 3.8) is 0 Å². The van der Waals surface area contributed by atoms with Crippen LogP contribution < -0.4 is 5.32 Å². The topological polar surface area (TPSA) is 86.6 Å². The molecule has 0 aliphatic rings. The molecule has 0 aromatic heterocycles. The van der Waals surface area contributed by atoms with Gasteiger partial charge in [0.25, 0.3) is 5.91 Å². The lowest BCUT2D eigenvalue weighted by molar-refractivity contribution is -0.119. The van der Waals surface area contributed by atoms with Crippen LogP contribution >= 0.6 is 0 Å². The van der Waals surface area contributed by atoms with Gasteiger partial charge in [-0.05, 0) is 17.7 Å². The normalized spacial score (nSPS) is 10.0. The van der Waals surface area contributed by atoms with Crippen LogP contribution in [0, 0.1) is 0 Å². The highest BCUT2D eigenvalue weighted by Gasteiger charge is 2.16. The van der Waals surface area contributed by atoms with E-state index >= 15 is 0 Å². The fourth-order valence-electron chi connectivity index (χ4n) is 1.73. The second-order valence-electron chi connectivity index (χ2n) is 4.21. The van der Waals surface area contributed by atoms with Gasteiger partial charge < -0.3 is 10.2 Å². The van der Waals surface area contributed by atoms with Gasteiger partial charge in [0.2, 0.25) is 5.91 Å². The average Bonchev–Trinajstić information content (AvgIpc) is 2.42. The van der Waals surface area contributed by atoms with Gasteiger partial charge in [0.15, 0.2) is 11.5 Å². The molecule has 5 nitrogen and oxygen atoms in total. The van der Waals surface area contributed by atoms with Crippen LogP contribution in [0.15, 0.2) is 48.5 Å². The molecule has 0 saturated heterocycles. The number of amides is 2. The van der Waals surface area contributed by atoms with Crippen LogP contribution in [0.2, 0.25) is 0 Å². The Morgan fingerprint density at radius 1 is 0.950 bits per heavy atom. The molecule has 20 heavy (non-hydrogen) atoms. The molecule has 2 aromatic carbocycles. The summed E-state index contributed by atoms with van der Waals surface area (Å²) in [6.45, 7) is 0. The summed E-state index contributed by atoms with van der Waals surface area (Å²) in [6, 6.07) is 12.9. The van der Waals surface area contributed by atoms with Crippen LogP contribution in [0.1, 0.15) is 15.9 Å². The molecule has 102 valence electrons. The van der Waals surface area contributed by atoms with E-state index in [1.165, 1.54) is 18.2 Å². The van der Waals surface area contributed by atoms with E-state index in [9.17, 15) is 19.8 Å². The van der Waals surface area contributed by atoms with Gasteiger partial charge in [-0.25, -0.2) is 0 Å². The third kappa shape index (κ3) is 3.14. The van der Waals surface area contributed by atoms with Gasteiger partial charge in [0.1, 0.15) is 0 Å². The highest BCUT2D eigenvalue weighted by atomic mass is 16.3. The lowest BCUT2D eigenvalue weighted by atomic mass is 10.1. The Balaban J connectivity index is 2.04. The Morgan fingerprint density at radius 3 is 2.35 bits per heavy atom. The van der Waals surface area contributed by atoms with Gasteiger partial charge in [-0.2, -0.15) is 0 Å². The highest BCUT2D eigenvalue weighted by molar-refractivity contribution is 6.06. The first-order chi connectivity index (χ1) is 9.58. The molecule has 0 heterocycles. The van der Waals surface area contributed by atoms with Gasteiger partial charge in [-0.15, -0.1) is 0 Å². The van der Waals surface area contributed by atoms with Crippen molar-refractivity contribution < 1.29 is 19.8 Å². The number of rotatable bonds is 3. The van der Waals surface area contributed by atoms with Crippen molar-refractivity contribution in [3.05, 3.63) is 59.7 Å². The molecule has 3 N–H and O–H groups in total. The summed E-state index contributed by atoms with van der Waals surface area (Å²) < 4.78 is 0. The minimum absolute atomic E-state index is 0.0617. The molecule has 2 amide bonds. The second kappa shape index (κ2) is 5.88. The molecule has 0 radical (unpaired) electrons. The molecule has 2 aromatic rings. The van der Waals surface area contributed by atoms with E-state index in [4.69, 9.17) is 0 Å². The van der Waals surface area contributed by atoms with E-state index < -0.39 is 23.3 Å². The monoisotopic (exact) mass is 271 g/mol. The Bertz CT molecular complexity index is 638. The quantitative estimate of drug-likeness (QED) is 0.740. The summed E-state index contributed by atoms with van der Waals surface area (Å²) in [5, 5.41) is 21.0. The zero-order valence-electron chi connectivity index (χ0n) is 10.5. The van der Waals surface area contributed by atoms with Gasteiger partial charge in [-0.1, -0.05) is 36.4 Å². The number of hydrogen-bond donors (Lipinski definition) is 3. The fraction of sp³-hybridized carbons (Fsp3) is 0.0667. The molecule has 0 atom stereocenters. The molecule has 0 bridgehead atoms. The molecule has 5 heteroatoms. The summed E-state index contributed by atoms with van der Waals surface area (Å²) >= 11 is 0. The van der Waals surface area contributed by atoms with Crippen LogP contribution in [0.5, 0.6) is 11.5 Å². The first-order valence-corrected chi connectivity index (χ1v) is 5.97. The number of imide groups is 1. The maximum absolute atomic E-state index is 11.8. The van der Waals surface area contributed by atoms with Gasteiger partial charge in [0.05, 0.1) is 12.0 Å².